The number of aromatic nitrogens is 1. The summed E-state index contributed by atoms with van der Waals surface area (Å²) in [6, 6.07) is 20.2. The van der Waals surface area contributed by atoms with Crippen molar-refractivity contribution in [2.24, 2.45) is 0 Å². The molecule has 0 saturated heterocycles. The topological polar surface area (TPSA) is 34.0 Å². The molecule has 1 N–H and O–H groups in total. The molecule has 3 heteroatoms. The summed E-state index contributed by atoms with van der Waals surface area (Å²) in [5.74, 6) is 0.0304. The van der Waals surface area contributed by atoms with Gasteiger partial charge in [0.15, 0.2) is 0 Å². The van der Waals surface area contributed by atoms with Crippen molar-refractivity contribution in [3.05, 3.63) is 89.7 Å². The van der Waals surface area contributed by atoms with Crippen LogP contribution in [0.1, 0.15) is 36.1 Å². The SMILES string of the molecule is CCc1ccccc1NC(=O)C[C@@H](c1ccccc1C)n1cccc1. The van der Waals surface area contributed by atoms with Gasteiger partial charge in [-0.05, 0) is 48.2 Å². The summed E-state index contributed by atoms with van der Waals surface area (Å²) in [7, 11) is 0. The molecule has 0 unspecified atom stereocenters. The van der Waals surface area contributed by atoms with Gasteiger partial charge in [-0.2, -0.15) is 0 Å². The van der Waals surface area contributed by atoms with Crippen LogP contribution >= 0.6 is 0 Å². The van der Waals surface area contributed by atoms with Gasteiger partial charge in [0, 0.05) is 18.1 Å². The lowest BCUT2D eigenvalue weighted by molar-refractivity contribution is -0.116. The Morgan fingerprint density at radius 3 is 2.40 bits per heavy atom. The number of nitrogens with one attached hydrogen (secondary N) is 1. The molecule has 1 atom stereocenters. The first-order valence-electron chi connectivity index (χ1n) is 8.74. The van der Waals surface area contributed by atoms with Crippen molar-refractivity contribution in [3.63, 3.8) is 0 Å². The van der Waals surface area contributed by atoms with E-state index in [1.807, 2.05) is 54.9 Å². The number of para-hydroxylation sites is 1. The van der Waals surface area contributed by atoms with E-state index in [9.17, 15) is 4.79 Å². The summed E-state index contributed by atoms with van der Waals surface area (Å²) in [5, 5.41) is 3.09. The van der Waals surface area contributed by atoms with Crippen LogP contribution in [0.5, 0.6) is 0 Å². The third-order valence-electron chi connectivity index (χ3n) is 4.59. The first kappa shape index (κ1) is 17.0. The fraction of sp³-hybridized carbons (Fsp3) is 0.227. The van der Waals surface area contributed by atoms with Crippen LogP contribution in [-0.2, 0) is 11.2 Å². The summed E-state index contributed by atoms with van der Waals surface area (Å²) in [4.78, 5) is 12.7. The average molecular weight is 332 g/mol. The van der Waals surface area contributed by atoms with E-state index in [4.69, 9.17) is 0 Å². The van der Waals surface area contributed by atoms with Crippen LogP contribution in [0, 0.1) is 6.92 Å². The highest BCUT2D eigenvalue weighted by molar-refractivity contribution is 5.92. The van der Waals surface area contributed by atoms with Crippen molar-refractivity contribution in [1.82, 2.24) is 4.57 Å². The summed E-state index contributed by atoms with van der Waals surface area (Å²) >= 11 is 0. The molecule has 0 aliphatic rings. The monoisotopic (exact) mass is 332 g/mol. The fourth-order valence-electron chi connectivity index (χ4n) is 3.22. The van der Waals surface area contributed by atoms with E-state index in [1.54, 1.807) is 0 Å². The molecule has 3 nitrogen and oxygen atoms in total. The summed E-state index contributed by atoms with van der Waals surface area (Å²) < 4.78 is 2.10. The smallest absolute Gasteiger partial charge is 0.226 e. The van der Waals surface area contributed by atoms with Crippen molar-refractivity contribution in [2.45, 2.75) is 32.7 Å². The molecule has 0 saturated carbocycles. The number of rotatable bonds is 6. The molecule has 1 aromatic heterocycles. The zero-order valence-corrected chi connectivity index (χ0v) is 14.8. The third-order valence-corrected chi connectivity index (χ3v) is 4.59. The second kappa shape index (κ2) is 7.84. The molecule has 1 heterocycles. The Morgan fingerprint density at radius 2 is 1.68 bits per heavy atom. The Balaban J connectivity index is 1.84. The van der Waals surface area contributed by atoms with E-state index < -0.39 is 0 Å². The van der Waals surface area contributed by atoms with E-state index in [-0.39, 0.29) is 11.9 Å². The minimum atomic E-state index is -0.00927. The van der Waals surface area contributed by atoms with Gasteiger partial charge in [-0.1, -0.05) is 49.4 Å². The van der Waals surface area contributed by atoms with Crippen molar-refractivity contribution in [3.8, 4) is 0 Å². The zero-order chi connectivity index (χ0) is 17.6. The van der Waals surface area contributed by atoms with Crippen LogP contribution < -0.4 is 5.32 Å². The molecular formula is C22H24N2O. The minimum Gasteiger partial charge on any atom is -0.346 e. The second-order valence-electron chi connectivity index (χ2n) is 6.27. The maximum Gasteiger partial charge on any atom is 0.226 e. The Labute approximate surface area is 149 Å². The zero-order valence-electron chi connectivity index (χ0n) is 14.8. The van der Waals surface area contributed by atoms with Gasteiger partial charge in [0.2, 0.25) is 5.91 Å². The molecule has 3 rings (SSSR count). The number of benzene rings is 2. The molecule has 0 aliphatic heterocycles. The van der Waals surface area contributed by atoms with Crippen LogP contribution in [0.3, 0.4) is 0 Å². The van der Waals surface area contributed by atoms with Crippen LogP contribution in [-0.4, -0.2) is 10.5 Å². The summed E-state index contributed by atoms with van der Waals surface area (Å²) in [5.41, 5.74) is 4.44. The van der Waals surface area contributed by atoms with Crippen molar-refractivity contribution in [1.29, 1.82) is 0 Å². The number of carbonyl (C=O) groups is 1. The lowest BCUT2D eigenvalue weighted by atomic mass is 9.98. The average Bonchev–Trinajstić information content (AvgIpc) is 3.15. The predicted octanol–water partition coefficient (Wildman–Crippen LogP) is 4.98. The van der Waals surface area contributed by atoms with Crippen LogP contribution in [0.15, 0.2) is 73.1 Å². The minimum absolute atomic E-state index is 0.00927. The second-order valence-corrected chi connectivity index (χ2v) is 6.27. The van der Waals surface area contributed by atoms with Crippen molar-refractivity contribution >= 4 is 11.6 Å². The Hall–Kier alpha value is -2.81. The molecule has 2 aromatic carbocycles. The van der Waals surface area contributed by atoms with Crippen molar-refractivity contribution in [2.75, 3.05) is 5.32 Å². The van der Waals surface area contributed by atoms with Crippen LogP contribution in [0.25, 0.3) is 0 Å². The molecule has 0 bridgehead atoms. The van der Waals surface area contributed by atoms with Crippen LogP contribution in [0.2, 0.25) is 0 Å². The van der Waals surface area contributed by atoms with Gasteiger partial charge in [-0.3, -0.25) is 4.79 Å². The molecule has 0 fully saturated rings. The molecule has 1 amide bonds. The summed E-state index contributed by atoms with van der Waals surface area (Å²) in [6.07, 6.45) is 5.33. The molecule has 0 spiro atoms. The largest absolute Gasteiger partial charge is 0.346 e. The van der Waals surface area contributed by atoms with E-state index in [0.29, 0.717) is 6.42 Å². The standard InChI is InChI=1S/C22H24N2O/c1-3-18-11-5-7-13-20(18)23-22(25)16-21(24-14-8-9-15-24)19-12-6-4-10-17(19)2/h4-15,21H,3,16H2,1-2H3,(H,23,25)/t21-/m0/s1. The lowest BCUT2D eigenvalue weighted by Crippen LogP contribution is -2.20. The Kier molecular flexibility index (Phi) is 5.34. The predicted molar refractivity (Wildman–Crippen MR) is 103 cm³/mol. The number of hydrogen-bond donors (Lipinski definition) is 1. The normalized spacial score (nSPS) is 11.9. The highest BCUT2D eigenvalue weighted by Gasteiger charge is 2.19. The van der Waals surface area contributed by atoms with Crippen molar-refractivity contribution < 1.29 is 4.79 Å². The molecule has 3 aromatic rings. The van der Waals surface area contributed by atoms with E-state index in [0.717, 1.165) is 17.7 Å². The number of aryl methyl sites for hydroxylation is 2. The maximum atomic E-state index is 12.7. The Morgan fingerprint density at radius 1 is 1.00 bits per heavy atom. The van der Waals surface area contributed by atoms with Gasteiger partial charge in [-0.25, -0.2) is 0 Å². The van der Waals surface area contributed by atoms with Crippen LogP contribution in [0.4, 0.5) is 5.69 Å². The van der Waals surface area contributed by atoms with Gasteiger partial charge in [0.25, 0.3) is 0 Å². The molecule has 0 radical (unpaired) electrons. The fourth-order valence-corrected chi connectivity index (χ4v) is 3.22. The molecule has 0 aliphatic carbocycles. The van der Waals surface area contributed by atoms with Gasteiger partial charge in [0.05, 0.1) is 12.5 Å². The van der Waals surface area contributed by atoms with Gasteiger partial charge in [-0.15, -0.1) is 0 Å². The lowest BCUT2D eigenvalue weighted by Gasteiger charge is -2.21. The number of hydrogen-bond acceptors (Lipinski definition) is 1. The van der Waals surface area contributed by atoms with Gasteiger partial charge in [0.1, 0.15) is 0 Å². The third kappa shape index (κ3) is 4.00. The van der Waals surface area contributed by atoms with E-state index >= 15 is 0 Å². The number of nitrogens with zero attached hydrogens (tertiary/aromatic N) is 1. The first-order chi connectivity index (χ1) is 12.2. The number of carbonyl (C=O) groups excluding carboxylic acids is 1. The van der Waals surface area contributed by atoms with E-state index in [1.165, 1.54) is 11.1 Å². The van der Waals surface area contributed by atoms with Gasteiger partial charge >= 0.3 is 0 Å². The molecular weight excluding hydrogens is 308 g/mol. The highest BCUT2D eigenvalue weighted by Crippen LogP contribution is 2.26. The quantitative estimate of drug-likeness (QED) is 0.679. The Bertz CT molecular complexity index is 837. The van der Waals surface area contributed by atoms with E-state index in [2.05, 4.69) is 41.9 Å². The highest BCUT2D eigenvalue weighted by atomic mass is 16.1. The first-order valence-corrected chi connectivity index (χ1v) is 8.74. The number of amides is 1. The maximum absolute atomic E-state index is 12.7. The molecule has 25 heavy (non-hydrogen) atoms. The molecule has 128 valence electrons. The van der Waals surface area contributed by atoms with Gasteiger partial charge < -0.3 is 9.88 Å². The summed E-state index contributed by atoms with van der Waals surface area (Å²) in [6.45, 7) is 4.19. The number of anilines is 1.